The molecule has 1 aliphatic rings. The molecular formula is C12H22N4. The Labute approximate surface area is 97.2 Å². The van der Waals surface area contributed by atoms with E-state index in [0.29, 0.717) is 12.0 Å². The SMILES string of the molecule is CC(C)[C@H](N)c1nncn1C1CCCCC1. The molecule has 0 aromatic carbocycles. The molecule has 4 heteroatoms. The largest absolute Gasteiger partial charge is 0.321 e. The molecule has 90 valence electrons. The average Bonchev–Trinajstić information content (AvgIpc) is 2.77. The number of rotatable bonds is 3. The molecule has 1 fully saturated rings. The third kappa shape index (κ3) is 2.26. The Bertz CT molecular complexity index is 326. The molecule has 0 radical (unpaired) electrons. The summed E-state index contributed by atoms with van der Waals surface area (Å²) < 4.78 is 2.21. The summed E-state index contributed by atoms with van der Waals surface area (Å²) in [5.41, 5.74) is 6.17. The van der Waals surface area contributed by atoms with Crippen LogP contribution in [0.4, 0.5) is 0 Å². The van der Waals surface area contributed by atoms with Crippen LogP contribution in [0.15, 0.2) is 6.33 Å². The van der Waals surface area contributed by atoms with Gasteiger partial charge in [0.1, 0.15) is 12.2 Å². The molecule has 1 aromatic heterocycles. The molecule has 1 saturated carbocycles. The lowest BCUT2D eigenvalue weighted by molar-refractivity contribution is 0.332. The molecule has 4 nitrogen and oxygen atoms in total. The summed E-state index contributed by atoms with van der Waals surface area (Å²) in [5.74, 6) is 1.37. The van der Waals surface area contributed by atoms with Crippen molar-refractivity contribution in [1.82, 2.24) is 14.8 Å². The first kappa shape index (κ1) is 11.6. The van der Waals surface area contributed by atoms with Gasteiger partial charge >= 0.3 is 0 Å². The predicted octanol–water partition coefficient (Wildman–Crippen LogP) is 2.44. The zero-order valence-corrected chi connectivity index (χ0v) is 10.3. The molecular weight excluding hydrogens is 200 g/mol. The smallest absolute Gasteiger partial charge is 0.150 e. The fourth-order valence-electron chi connectivity index (χ4n) is 2.43. The molecule has 1 aromatic rings. The van der Waals surface area contributed by atoms with Gasteiger partial charge in [0.2, 0.25) is 0 Å². The van der Waals surface area contributed by atoms with E-state index in [1.807, 2.05) is 6.33 Å². The first-order valence-corrected chi connectivity index (χ1v) is 6.35. The quantitative estimate of drug-likeness (QED) is 0.854. The highest BCUT2D eigenvalue weighted by atomic mass is 15.3. The van der Waals surface area contributed by atoms with Crippen molar-refractivity contribution in [2.45, 2.75) is 58.0 Å². The van der Waals surface area contributed by atoms with Gasteiger partial charge in [-0.25, -0.2) is 0 Å². The van der Waals surface area contributed by atoms with Gasteiger partial charge in [0.25, 0.3) is 0 Å². The Kier molecular flexibility index (Phi) is 3.59. The molecule has 0 unspecified atom stereocenters. The molecule has 0 saturated heterocycles. The molecule has 0 amide bonds. The van der Waals surface area contributed by atoms with Gasteiger partial charge in [0.15, 0.2) is 0 Å². The highest BCUT2D eigenvalue weighted by molar-refractivity contribution is 4.98. The van der Waals surface area contributed by atoms with E-state index in [9.17, 15) is 0 Å². The maximum absolute atomic E-state index is 6.17. The van der Waals surface area contributed by atoms with Crippen LogP contribution >= 0.6 is 0 Å². The first-order chi connectivity index (χ1) is 7.70. The number of nitrogens with two attached hydrogens (primary N) is 1. The van der Waals surface area contributed by atoms with E-state index >= 15 is 0 Å². The predicted molar refractivity (Wildman–Crippen MR) is 63.9 cm³/mol. The third-order valence-electron chi connectivity index (χ3n) is 3.59. The molecule has 1 atom stereocenters. The minimum absolute atomic E-state index is 0.00410. The van der Waals surface area contributed by atoms with Gasteiger partial charge in [-0.15, -0.1) is 10.2 Å². The van der Waals surface area contributed by atoms with Crippen LogP contribution < -0.4 is 5.73 Å². The summed E-state index contributed by atoms with van der Waals surface area (Å²) >= 11 is 0. The molecule has 16 heavy (non-hydrogen) atoms. The van der Waals surface area contributed by atoms with Crippen molar-refractivity contribution in [3.05, 3.63) is 12.2 Å². The molecule has 0 aliphatic heterocycles. The molecule has 1 heterocycles. The van der Waals surface area contributed by atoms with E-state index in [1.54, 1.807) is 0 Å². The molecule has 2 rings (SSSR count). The number of aromatic nitrogens is 3. The normalized spacial score (nSPS) is 20.2. The van der Waals surface area contributed by atoms with Crippen molar-refractivity contribution in [3.63, 3.8) is 0 Å². The van der Waals surface area contributed by atoms with Crippen LogP contribution in [0.1, 0.15) is 63.9 Å². The third-order valence-corrected chi connectivity index (χ3v) is 3.59. The van der Waals surface area contributed by atoms with Crippen molar-refractivity contribution in [1.29, 1.82) is 0 Å². The summed E-state index contributed by atoms with van der Waals surface area (Å²) in [6, 6.07) is 0.577. The lowest BCUT2D eigenvalue weighted by Crippen LogP contribution is -2.24. The second-order valence-electron chi connectivity index (χ2n) is 5.16. The van der Waals surface area contributed by atoms with Crippen molar-refractivity contribution < 1.29 is 0 Å². The van der Waals surface area contributed by atoms with Crippen LogP contribution in [0, 0.1) is 5.92 Å². The van der Waals surface area contributed by atoms with Crippen LogP contribution in [0.25, 0.3) is 0 Å². The van der Waals surface area contributed by atoms with E-state index in [4.69, 9.17) is 5.73 Å². The van der Waals surface area contributed by atoms with Gasteiger partial charge in [0, 0.05) is 6.04 Å². The van der Waals surface area contributed by atoms with Crippen molar-refractivity contribution >= 4 is 0 Å². The fourth-order valence-corrected chi connectivity index (χ4v) is 2.43. The maximum atomic E-state index is 6.17. The van der Waals surface area contributed by atoms with Crippen LogP contribution in [-0.2, 0) is 0 Å². The van der Waals surface area contributed by atoms with Crippen LogP contribution in [-0.4, -0.2) is 14.8 Å². The average molecular weight is 222 g/mol. The summed E-state index contributed by atoms with van der Waals surface area (Å²) in [6.07, 6.45) is 8.35. The molecule has 1 aliphatic carbocycles. The Balaban J connectivity index is 2.17. The van der Waals surface area contributed by atoms with E-state index in [0.717, 1.165) is 5.82 Å². The Hall–Kier alpha value is -0.900. The van der Waals surface area contributed by atoms with Crippen LogP contribution in [0.2, 0.25) is 0 Å². The summed E-state index contributed by atoms with van der Waals surface area (Å²) in [7, 11) is 0. The fraction of sp³-hybridized carbons (Fsp3) is 0.833. The summed E-state index contributed by atoms with van der Waals surface area (Å²) in [4.78, 5) is 0. The standard InChI is InChI=1S/C12H22N4/c1-9(2)11(13)12-15-14-8-16(12)10-6-4-3-5-7-10/h8-11H,3-7,13H2,1-2H3/t11-/m0/s1. The minimum atomic E-state index is 0.00410. The number of nitrogens with zero attached hydrogens (tertiary/aromatic N) is 3. The van der Waals surface area contributed by atoms with E-state index in [-0.39, 0.29) is 6.04 Å². The van der Waals surface area contributed by atoms with Crippen LogP contribution in [0.3, 0.4) is 0 Å². The summed E-state index contributed by atoms with van der Waals surface area (Å²) in [5, 5.41) is 8.23. The zero-order valence-electron chi connectivity index (χ0n) is 10.3. The highest BCUT2D eigenvalue weighted by Crippen LogP contribution is 2.30. The topological polar surface area (TPSA) is 56.7 Å². The van der Waals surface area contributed by atoms with Crippen molar-refractivity contribution in [3.8, 4) is 0 Å². The zero-order chi connectivity index (χ0) is 11.5. The minimum Gasteiger partial charge on any atom is -0.321 e. The summed E-state index contributed by atoms with van der Waals surface area (Å²) in [6.45, 7) is 4.26. The monoisotopic (exact) mass is 222 g/mol. The molecule has 2 N–H and O–H groups in total. The van der Waals surface area contributed by atoms with E-state index in [1.165, 1.54) is 32.1 Å². The number of hydrogen-bond acceptors (Lipinski definition) is 3. The maximum Gasteiger partial charge on any atom is 0.150 e. The van der Waals surface area contributed by atoms with Gasteiger partial charge in [-0.1, -0.05) is 33.1 Å². The first-order valence-electron chi connectivity index (χ1n) is 6.35. The van der Waals surface area contributed by atoms with Gasteiger partial charge in [-0.3, -0.25) is 0 Å². The van der Waals surface area contributed by atoms with Crippen molar-refractivity contribution in [2.24, 2.45) is 11.7 Å². The Morgan fingerprint density at radius 3 is 2.62 bits per heavy atom. The lowest BCUT2D eigenvalue weighted by Gasteiger charge is -2.26. The van der Waals surface area contributed by atoms with Crippen molar-refractivity contribution in [2.75, 3.05) is 0 Å². The highest BCUT2D eigenvalue weighted by Gasteiger charge is 2.23. The van der Waals surface area contributed by atoms with Gasteiger partial charge < -0.3 is 10.3 Å². The second kappa shape index (κ2) is 4.95. The Morgan fingerprint density at radius 1 is 1.31 bits per heavy atom. The van der Waals surface area contributed by atoms with Crippen LogP contribution in [0.5, 0.6) is 0 Å². The van der Waals surface area contributed by atoms with Gasteiger partial charge in [-0.2, -0.15) is 0 Å². The van der Waals surface area contributed by atoms with E-state index < -0.39 is 0 Å². The molecule has 0 spiro atoms. The number of hydrogen-bond donors (Lipinski definition) is 1. The van der Waals surface area contributed by atoms with Gasteiger partial charge in [0.05, 0.1) is 6.04 Å². The molecule has 0 bridgehead atoms. The second-order valence-corrected chi connectivity index (χ2v) is 5.16. The lowest BCUT2D eigenvalue weighted by atomic mass is 9.94. The van der Waals surface area contributed by atoms with E-state index in [2.05, 4.69) is 28.6 Å². The Morgan fingerprint density at radius 2 is 2.00 bits per heavy atom. The van der Waals surface area contributed by atoms with Gasteiger partial charge in [-0.05, 0) is 18.8 Å².